The molecule has 112 valence electrons. The summed E-state index contributed by atoms with van der Waals surface area (Å²) in [7, 11) is 0. The molecule has 0 bridgehead atoms. The number of carbonyl (C=O) groups excluding carboxylic acids is 1. The third-order valence-corrected chi connectivity index (χ3v) is 4.60. The zero-order valence-electron chi connectivity index (χ0n) is 12.4. The van der Waals surface area contributed by atoms with Crippen LogP contribution in [-0.2, 0) is 4.79 Å². The van der Waals surface area contributed by atoms with E-state index in [1.54, 1.807) is 18.0 Å². The quantitative estimate of drug-likeness (QED) is 0.520. The summed E-state index contributed by atoms with van der Waals surface area (Å²) in [4.78, 5) is 13.3. The van der Waals surface area contributed by atoms with E-state index in [1.165, 1.54) is 10.5 Å². The fourth-order valence-electron chi connectivity index (χ4n) is 2.50. The van der Waals surface area contributed by atoms with Gasteiger partial charge in [-0.1, -0.05) is 42.5 Å². The largest absolute Gasteiger partial charge is 0.273 e. The van der Waals surface area contributed by atoms with Crippen molar-refractivity contribution in [3.8, 4) is 0 Å². The average molecular weight is 310 g/mol. The summed E-state index contributed by atoms with van der Waals surface area (Å²) in [5, 5.41) is 4.06. The van der Waals surface area contributed by atoms with Gasteiger partial charge in [-0.15, -0.1) is 11.8 Å². The van der Waals surface area contributed by atoms with Gasteiger partial charge in [0, 0.05) is 10.8 Å². The molecule has 22 heavy (non-hydrogen) atoms. The highest BCUT2D eigenvalue weighted by molar-refractivity contribution is 7.98. The van der Waals surface area contributed by atoms with E-state index in [1.807, 2.05) is 48.7 Å². The van der Waals surface area contributed by atoms with E-state index in [9.17, 15) is 4.79 Å². The summed E-state index contributed by atoms with van der Waals surface area (Å²) in [5.41, 5.74) is 4.86. The lowest BCUT2D eigenvalue weighted by molar-refractivity contribution is -0.122. The lowest BCUT2D eigenvalue weighted by atomic mass is 10.1. The molecule has 0 heterocycles. The van der Waals surface area contributed by atoms with Crippen molar-refractivity contribution < 1.29 is 4.79 Å². The van der Waals surface area contributed by atoms with E-state index in [-0.39, 0.29) is 11.8 Å². The van der Waals surface area contributed by atoms with Crippen molar-refractivity contribution in [3.63, 3.8) is 0 Å². The first kappa shape index (κ1) is 14.9. The maximum atomic E-state index is 12.1. The van der Waals surface area contributed by atoms with Crippen LogP contribution >= 0.6 is 11.8 Å². The molecule has 2 aromatic carbocycles. The molecule has 3 nitrogen and oxygen atoms in total. The predicted octanol–water partition coefficient (Wildman–Crippen LogP) is 3.66. The van der Waals surface area contributed by atoms with Gasteiger partial charge in [-0.2, -0.15) is 5.10 Å². The summed E-state index contributed by atoms with van der Waals surface area (Å²) in [6.45, 7) is 0. The van der Waals surface area contributed by atoms with Crippen LogP contribution in [0.15, 0.2) is 64.6 Å². The molecule has 1 aliphatic carbocycles. The number of benzene rings is 2. The molecule has 0 saturated heterocycles. The summed E-state index contributed by atoms with van der Waals surface area (Å²) in [6, 6.07) is 18.2. The maximum absolute atomic E-state index is 12.1. The Bertz CT molecular complexity index is 667. The van der Waals surface area contributed by atoms with E-state index in [0.717, 1.165) is 12.0 Å². The molecule has 3 rings (SSSR count). The zero-order valence-corrected chi connectivity index (χ0v) is 13.2. The van der Waals surface area contributed by atoms with Gasteiger partial charge in [-0.05, 0) is 41.9 Å². The minimum absolute atomic E-state index is 0.00540. The molecule has 0 radical (unpaired) electrons. The maximum Gasteiger partial charge on any atom is 0.243 e. The predicted molar refractivity (Wildman–Crippen MR) is 91.2 cm³/mol. The van der Waals surface area contributed by atoms with Gasteiger partial charge >= 0.3 is 0 Å². The van der Waals surface area contributed by atoms with Crippen molar-refractivity contribution in [2.75, 3.05) is 6.26 Å². The third-order valence-electron chi connectivity index (χ3n) is 3.86. The molecule has 2 atom stereocenters. The molecule has 0 spiro atoms. The Balaban J connectivity index is 1.51. The van der Waals surface area contributed by atoms with Gasteiger partial charge in [0.15, 0.2) is 0 Å². The minimum atomic E-state index is 0.00540. The second-order valence-corrected chi connectivity index (χ2v) is 6.25. The molecule has 1 aliphatic rings. The first-order valence-corrected chi connectivity index (χ1v) is 8.52. The number of hydrogen-bond donors (Lipinski definition) is 1. The Morgan fingerprint density at radius 1 is 1.18 bits per heavy atom. The highest BCUT2D eigenvalue weighted by Gasteiger charge is 2.43. The lowest BCUT2D eigenvalue weighted by Crippen LogP contribution is -2.20. The standard InChI is InChI=1S/C18H18N2OS/c1-22-15-9-7-13(8-10-15)12-19-20-18(21)17-11-16(17)14-5-3-2-4-6-14/h2-10,12,16-17H,11H2,1H3,(H,20,21)/b19-12+. The molecule has 2 aromatic rings. The fraction of sp³-hybridized carbons (Fsp3) is 0.222. The van der Waals surface area contributed by atoms with E-state index < -0.39 is 0 Å². The van der Waals surface area contributed by atoms with E-state index in [4.69, 9.17) is 0 Å². The molecule has 0 aliphatic heterocycles. The van der Waals surface area contributed by atoms with Crippen LogP contribution in [0.4, 0.5) is 0 Å². The second-order valence-electron chi connectivity index (χ2n) is 5.37. The van der Waals surface area contributed by atoms with Crippen LogP contribution in [0, 0.1) is 5.92 Å². The Morgan fingerprint density at radius 3 is 2.59 bits per heavy atom. The summed E-state index contributed by atoms with van der Waals surface area (Å²) in [5.74, 6) is 0.404. The summed E-state index contributed by atoms with van der Waals surface area (Å²) >= 11 is 1.70. The van der Waals surface area contributed by atoms with Crippen molar-refractivity contribution >= 4 is 23.9 Å². The fourth-order valence-corrected chi connectivity index (χ4v) is 2.90. The Labute approximate surface area is 134 Å². The molecule has 1 saturated carbocycles. The van der Waals surface area contributed by atoms with Crippen LogP contribution < -0.4 is 5.43 Å². The second kappa shape index (κ2) is 6.79. The average Bonchev–Trinajstić information content (AvgIpc) is 3.37. The van der Waals surface area contributed by atoms with Crippen molar-refractivity contribution in [1.82, 2.24) is 5.43 Å². The van der Waals surface area contributed by atoms with Gasteiger partial charge in [0.05, 0.1) is 6.21 Å². The topological polar surface area (TPSA) is 41.5 Å². The number of carbonyl (C=O) groups is 1. The Kier molecular flexibility index (Phi) is 4.59. The van der Waals surface area contributed by atoms with Gasteiger partial charge in [0.25, 0.3) is 0 Å². The molecule has 2 unspecified atom stereocenters. The molecule has 1 fully saturated rings. The monoisotopic (exact) mass is 310 g/mol. The Hall–Kier alpha value is -2.07. The van der Waals surface area contributed by atoms with E-state index in [0.29, 0.717) is 5.92 Å². The summed E-state index contributed by atoms with van der Waals surface area (Å²) < 4.78 is 0. The van der Waals surface area contributed by atoms with Crippen molar-refractivity contribution in [2.45, 2.75) is 17.2 Å². The molecule has 1 amide bonds. The summed E-state index contributed by atoms with van der Waals surface area (Å²) in [6.07, 6.45) is 4.64. The van der Waals surface area contributed by atoms with Crippen LogP contribution in [-0.4, -0.2) is 18.4 Å². The normalized spacial score (nSPS) is 20.0. The number of hydrazone groups is 1. The first-order chi connectivity index (χ1) is 10.8. The van der Waals surface area contributed by atoms with Gasteiger partial charge in [-0.25, -0.2) is 5.43 Å². The lowest BCUT2D eigenvalue weighted by Gasteiger charge is -2.00. The van der Waals surface area contributed by atoms with Crippen molar-refractivity contribution in [1.29, 1.82) is 0 Å². The number of amides is 1. The molecular formula is C18H18N2OS. The number of hydrogen-bond acceptors (Lipinski definition) is 3. The van der Waals surface area contributed by atoms with Crippen LogP contribution in [0.25, 0.3) is 0 Å². The van der Waals surface area contributed by atoms with Crippen LogP contribution in [0.2, 0.25) is 0 Å². The van der Waals surface area contributed by atoms with Crippen molar-refractivity contribution in [3.05, 3.63) is 65.7 Å². The molecular weight excluding hydrogens is 292 g/mol. The zero-order chi connectivity index (χ0) is 15.4. The third kappa shape index (κ3) is 3.57. The van der Waals surface area contributed by atoms with Gasteiger partial charge < -0.3 is 0 Å². The first-order valence-electron chi connectivity index (χ1n) is 7.30. The van der Waals surface area contributed by atoms with Crippen LogP contribution in [0.3, 0.4) is 0 Å². The minimum Gasteiger partial charge on any atom is -0.273 e. The molecule has 4 heteroatoms. The number of rotatable bonds is 5. The number of nitrogens with one attached hydrogen (secondary N) is 1. The van der Waals surface area contributed by atoms with Gasteiger partial charge in [0.1, 0.15) is 0 Å². The van der Waals surface area contributed by atoms with E-state index in [2.05, 4.69) is 22.7 Å². The highest BCUT2D eigenvalue weighted by atomic mass is 32.2. The van der Waals surface area contributed by atoms with Crippen molar-refractivity contribution in [2.24, 2.45) is 11.0 Å². The SMILES string of the molecule is CSc1ccc(/C=N/NC(=O)C2CC2c2ccccc2)cc1. The number of thioether (sulfide) groups is 1. The highest BCUT2D eigenvalue weighted by Crippen LogP contribution is 2.47. The molecule has 0 aromatic heterocycles. The Morgan fingerprint density at radius 2 is 1.91 bits per heavy atom. The van der Waals surface area contributed by atoms with Gasteiger partial charge in [0.2, 0.25) is 5.91 Å². The smallest absolute Gasteiger partial charge is 0.243 e. The van der Waals surface area contributed by atoms with Gasteiger partial charge in [-0.3, -0.25) is 4.79 Å². The van der Waals surface area contributed by atoms with Crippen LogP contribution in [0.5, 0.6) is 0 Å². The van der Waals surface area contributed by atoms with E-state index >= 15 is 0 Å². The number of nitrogens with zero attached hydrogens (tertiary/aromatic N) is 1. The van der Waals surface area contributed by atoms with Crippen LogP contribution in [0.1, 0.15) is 23.5 Å². The molecule has 1 N–H and O–H groups in total.